The van der Waals surface area contributed by atoms with Gasteiger partial charge in [-0.3, -0.25) is 9.59 Å². The van der Waals surface area contributed by atoms with Gasteiger partial charge in [0, 0.05) is 24.4 Å². The molecule has 1 aliphatic rings. The lowest BCUT2D eigenvalue weighted by atomic mass is 9.98. The van der Waals surface area contributed by atoms with Crippen LogP contribution in [0, 0.1) is 5.92 Å². The molecule has 0 saturated carbocycles. The molecule has 4 heteroatoms. The van der Waals surface area contributed by atoms with E-state index in [9.17, 15) is 9.59 Å². The summed E-state index contributed by atoms with van der Waals surface area (Å²) < 4.78 is 0. The fourth-order valence-electron chi connectivity index (χ4n) is 1.67. The maximum Gasteiger partial charge on any atom is 0.223 e. The van der Waals surface area contributed by atoms with E-state index >= 15 is 0 Å². The summed E-state index contributed by atoms with van der Waals surface area (Å²) in [6.45, 7) is 5.84. The number of nitrogens with one attached hydrogen (secondary N) is 2. The highest BCUT2D eigenvalue weighted by molar-refractivity contribution is 5.80. The van der Waals surface area contributed by atoms with Crippen LogP contribution < -0.4 is 10.6 Å². The zero-order chi connectivity index (χ0) is 11.4. The Balaban J connectivity index is 2.44. The molecule has 1 saturated heterocycles. The van der Waals surface area contributed by atoms with Crippen molar-refractivity contribution in [2.75, 3.05) is 0 Å². The third kappa shape index (κ3) is 3.22. The van der Waals surface area contributed by atoms with Crippen molar-refractivity contribution in [2.24, 2.45) is 5.92 Å². The standard InChI is InChI=1S/C11H20N2O2/c1-4-7(2)11(15)13-9-5-6-10(14)12-8(9)3/h7-9H,4-6H2,1-3H3,(H,12,14)(H,13,15). The number of carbonyl (C=O) groups is 2. The molecular formula is C11H20N2O2. The fourth-order valence-corrected chi connectivity index (χ4v) is 1.67. The van der Waals surface area contributed by atoms with Gasteiger partial charge < -0.3 is 10.6 Å². The molecule has 1 heterocycles. The zero-order valence-corrected chi connectivity index (χ0v) is 9.67. The molecule has 0 aromatic carbocycles. The van der Waals surface area contributed by atoms with Gasteiger partial charge in [0.2, 0.25) is 11.8 Å². The van der Waals surface area contributed by atoms with Crippen LogP contribution in [-0.2, 0) is 9.59 Å². The van der Waals surface area contributed by atoms with Crippen molar-refractivity contribution in [1.29, 1.82) is 0 Å². The third-order valence-corrected chi connectivity index (χ3v) is 3.06. The van der Waals surface area contributed by atoms with Crippen LogP contribution in [-0.4, -0.2) is 23.9 Å². The number of hydrogen-bond acceptors (Lipinski definition) is 2. The van der Waals surface area contributed by atoms with E-state index in [1.807, 2.05) is 20.8 Å². The summed E-state index contributed by atoms with van der Waals surface area (Å²) in [6, 6.07) is 0.128. The first kappa shape index (κ1) is 12.0. The fraction of sp³-hybridized carbons (Fsp3) is 0.818. The molecule has 0 aliphatic carbocycles. The van der Waals surface area contributed by atoms with Crippen LogP contribution in [0.3, 0.4) is 0 Å². The molecule has 3 unspecified atom stereocenters. The molecule has 1 fully saturated rings. The minimum absolute atomic E-state index is 0.0410. The summed E-state index contributed by atoms with van der Waals surface area (Å²) in [7, 11) is 0. The Labute approximate surface area is 90.8 Å². The average Bonchev–Trinajstić information content (AvgIpc) is 2.20. The maximum atomic E-state index is 11.6. The van der Waals surface area contributed by atoms with Crippen LogP contribution in [0.15, 0.2) is 0 Å². The third-order valence-electron chi connectivity index (χ3n) is 3.06. The van der Waals surface area contributed by atoms with E-state index in [0.717, 1.165) is 12.8 Å². The predicted molar refractivity (Wildman–Crippen MR) is 58.2 cm³/mol. The van der Waals surface area contributed by atoms with E-state index in [4.69, 9.17) is 0 Å². The Bertz CT molecular complexity index is 253. The normalized spacial score (nSPS) is 28.1. The zero-order valence-electron chi connectivity index (χ0n) is 9.67. The summed E-state index contributed by atoms with van der Waals surface area (Å²) in [5, 5.41) is 5.82. The van der Waals surface area contributed by atoms with Crippen LogP contribution in [0.4, 0.5) is 0 Å². The second-order valence-electron chi connectivity index (χ2n) is 4.32. The van der Waals surface area contributed by atoms with Crippen LogP contribution in [0.2, 0.25) is 0 Å². The molecular weight excluding hydrogens is 192 g/mol. The van der Waals surface area contributed by atoms with Gasteiger partial charge in [0.15, 0.2) is 0 Å². The molecule has 0 bridgehead atoms. The molecule has 0 radical (unpaired) electrons. The Morgan fingerprint density at radius 1 is 1.67 bits per heavy atom. The smallest absolute Gasteiger partial charge is 0.223 e. The Morgan fingerprint density at radius 3 is 2.87 bits per heavy atom. The van der Waals surface area contributed by atoms with Crippen molar-refractivity contribution < 1.29 is 9.59 Å². The monoisotopic (exact) mass is 212 g/mol. The first-order chi connectivity index (χ1) is 7.04. The second kappa shape index (κ2) is 5.14. The Kier molecular flexibility index (Phi) is 4.12. The molecule has 15 heavy (non-hydrogen) atoms. The SMILES string of the molecule is CCC(C)C(=O)NC1CCC(=O)NC1C. The molecule has 1 rings (SSSR count). The molecule has 0 aromatic rings. The topological polar surface area (TPSA) is 58.2 Å². The summed E-state index contributed by atoms with van der Waals surface area (Å²) in [5.41, 5.74) is 0. The van der Waals surface area contributed by atoms with Crippen molar-refractivity contribution >= 4 is 11.8 Å². The first-order valence-electron chi connectivity index (χ1n) is 5.64. The minimum Gasteiger partial charge on any atom is -0.352 e. The lowest BCUT2D eigenvalue weighted by Crippen LogP contribution is -2.54. The van der Waals surface area contributed by atoms with Crippen molar-refractivity contribution in [3.63, 3.8) is 0 Å². The van der Waals surface area contributed by atoms with Crippen LogP contribution >= 0.6 is 0 Å². The Morgan fingerprint density at radius 2 is 2.33 bits per heavy atom. The van der Waals surface area contributed by atoms with Gasteiger partial charge in [-0.1, -0.05) is 13.8 Å². The lowest BCUT2D eigenvalue weighted by molar-refractivity contribution is -0.128. The molecule has 0 aromatic heterocycles. The van der Waals surface area contributed by atoms with Gasteiger partial charge >= 0.3 is 0 Å². The van der Waals surface area contributed by atoms with E-state index in [0.29, 0.717) is 6.42 Å². The van der Waals surface area contributed by atoms with E-state index in [-0.39, 0.29) is 29.8 Å². The molecule has 86 valence electrons. The largest absolute Gasteiger partial charge is 0.352 e. The molecule has 2 N–H and O–H groups in total. The summed E-state index contributed by atoms with van der Waals surface area (Å²) in [4.78, 5) is 22.7. The maximum absolute atomic E-state index is 11.6. The highest BCUT2D eigenvalue weighted by Crippen LogP contribution is 2.10. The molecule has 0 spiro atoms. The summed E-state index contributed by atoms with van der Waals surface area (Å²) >= 11 is 0. The van der Waals surface area contributed by atoms with Crippen LogP contribution in [0.5, 0.6) is 0 Å². The van der Waals surface area contributed by atoms with Crippen LogP contribution in [0.25, 0.3) is 0 Å². The number of amides is 2. The highest BCUT2D eigenvalue weighted by Gasteiger charge is 2.27. The average molecular weight is 212 g/mol. The van der Waals surface area contributed by atoms with E-state index in [1.165, 1.54) is 0 Å². The number of rotatable bonds is 3. The van der Waals surface area contributed by atoms with Crippen molar-refractivity contribution in [3.05, 3.63) is 0 Å². The van der Waals surface area contributed by atoms with Crippen molar-refractivity contribution in [3.8, 4) is 0 Å². The predicted octanol–water partition coefficient (Wildman–Crippen LogP) is 0.816. The van der Waals surface area contributed by atoms with Gasteiger partial charge in [-0.15, -0.1) is 0 Å². The quantitative estimate of drug-likeness (QED) is 0.727. The number of piperidine rings is 1. The van der Waals surface area contributed by atoms with Gasteiger partial charge in [-0.2, -0.15) is 0 Å². The van der Waals surface area contributed by atoms with Gasteiger partial charge in [0.05, 0.1) is 0 Å². The molecule has 3 atom stereocenters. The van der Waals surface area contributed by atoms with E-state index < -0.39 is 0 Å². The minimum atomic E-state index is 0.0410. The van der Waals surface area contributed by atoms with E-state index in [2.05, 4.69) is 10.6 Å². The van der Waals surface area contributed by atoms with Gasteiger partial charge in [-0.05, 0) is 19.8 Å². The molecule has 2 amide bonds. The summed E-state index contributed by atoms with van der Waals surface area (Å²) in [5.74, 6) is 0.219. The summed E-state index contributed by atoms with van der Waals surface area (Å²) in [6.07, 6.45) is 2.10. The lowest BCUT2D eigenvalue weighted by Gasteiger charge is -2.31. The molecule has 4 nitrogen and oxygen atoms in total. The first-order valence-corrected chi connectivity index (χ1v) is 5.64. The van der Waals surface area contributed by atoms with Gasteiger partial charge in [0.1, 0.15) is 0 Å². The van der Waals surface area contributed by atoms with Gasteiger partial charge in [-0.25, -0.2) is 0 Å². The number of carbonyl (C=O) groups excluding carboxylic acids is 2. The second-order valence-corrected chi connectivity index (χ2v) is 4.32. The Hall–Kier alpha value is -1.06. The van der Waals surface area contributed by atoms with E-state index in [1.54, 1.807) is 0 Å². The van der Waals surface area contributed by atoms with Crippen LogP contribution in [0.1, 0.15) is 40.0 Å². The van der Waals surface area contributed by atoms with Crippen molar-refractivity contribution in [2.45, 2.75) is 52.1 Å². The highest BCUT2D eigenvalue weighted by atomic mass is 16.2. The van der Waals surface area contributed by atoms with Gasteiger partial charge in [0.25, 0.3) is 0 Å². The van der Waals surface area contributed by atoms with Crippen molar-refractivity contribution in [1.82, 2.24) is 10.6 Å². The molecule has 1 aliphatic heterocycles. The number of hydrogen-bond donors (Lipinski definition) is 2.